The molecule has 0 bridgehead atoms. The van der Waals surface area contributed by atoms with Crippen molar-refractivity contribution in [1.29, 1.82) is 0 Å². The molecule has 1 aliphatic carbocycles. The first-order valence-corrected chi connectivity index (χ1v) is 9.28. The molecule has 3 nitrogen and oxygen atoms in total. The van der Waals surface area contributed by atoms with Gasteiger partial charge in [-0.3, -0.25) is 4.79 Å². The zero-order valence-corrected chi connectivity index (χ0v) is 13.9. The average Bonchev–Trinajstić information content (AvgIpc) is 3.10. The first-order chi connectivity index (χ1) is 10.8. The number of amides is 1. The van der Waals surface area contributed by atoms with Gasteiger partial charge >= 0.3 is 0 Å². The number of carbonyl (C=O) groups is 1. The van der Waals surface area contributed by atoms with Crippen molar-refractivity contribution in [3.8, 4) is 0 Å². The Morgan fingerprint density at radius 2 is 2.14 bits per heavy atom. The summed E-state index contributed by atoms with van der Waals surface area (Å²) in [6, 6.07) is 4.62. The van der Waals surface area contributed by atoms with E-state index in [1.54, 1.807) is 11.3 Å². The molecule has 0 N–H and O–H groups in total. The van der Waals surface area contributed by atoms with Gasteiger partial charge in [-0.25, -0.2) is 0 Å². The lowest BCUT2D eigenvalue weighted by Gasteiger charge is -2.37. The lowest BCUT2D eigenvalue weighted by molar-refractivity contribution is -0.140. The fourth-order valence-electron chi connectivity index (χ4n) is 3.41. The Morgan fingerprint density at radius 1 is 1.27 bits per heavy atom. The standard InChI is InChI=1S/C18H25NO2S/c20-18(15-5-2-1-3-6-15)19(16-9-12-21-13-10-16)11-8-17-7-4-14-22-17/h1-2,4,7,14-16H,3,5-6,8-13H2/t15-/m0/s1. The van der Waals surface area contributed by atoms with Gasteiger partial charge in [0.2, 0.25) is 5.91 Å². The maximum absolute atomic E-state index is 13.0. The monoisotopic (exact) mass is 319 g/mol. The molecule has 22 heavy (non-hydrogen) atoms. The van der Waals surface area contributed by atoms with Gasteiger partial charge in [-0.15, -0.1) is 11.3 Å². The summed E-state index contributed by atoms with van der Waals surface area (Å²) < 4.78 is 5.48. The molecule has 2 heterocycles. The summed E-state index contributed by atoms with van der Waals surface area (Å²) in [6.45, 7) is 2.43. The van der Waals surface area contributed by atoms with Gasteiger partial charge in [-0.1, -0.05) is 18.2 Å². The van der Waals surface area contributed by atoms with Crippen molar-refractivity contribution in [3.63, 3.8) is 0 Å². The van der Waals surface area contributed by atoms with E-state index in [9.17, 15) is 4.79 Å². The number of hydrogen-bond acceptors (Lipinski definition) is 3. The van der Waals surface area contributed by atoms with Crippen LogP contribution in [0.25, 0.3) is 0 Å². The first-order valence-electron chi connectivity index (χ1n) is 8.40. The number of nitrogens with zero attached hydrogens (tertiary/aromatic N) is 1. The van der Waals surface area contributed by atoms with Crippen LogP contribution in [0.2, 0.25) is 0 Å². The highest BCUT2D eigenvalue weighted by molar-refractivity contribution is 7.09. The molecule has 1 saturated heterocycles. The molecule has 2 aliphatic rings. The van der Waals surface area contributed by atoms with Crippen LogP contribution in [0.15, 0.2) is 29.7 Å². The molecule has 1 fully saturated rings. The van der Waals surface area contributed by atoms with Crippen molar-refractivity contribution in [2.45, 2.75) is 44.6 Å². The molecule has 0 unspecified atom stereocenters. The molecular weight excluding hydrogens is 294 g/mol. The maximum Gasteiger partial charge on any atom is 0.226 e. The number of hydrogen-bond donors (Lipinski definition) is 0. The van der Waals surface area contributed by atoms with Crippen LogP contribution in [0.4, 0.5) is 0 Å². The number of thiophene rings is 1. The van der Waals surface area contributed by atoms with Crippen LogP contribution in [0.1, 0.15) is 37.0 Å². The molecule has 1 atom stereocenters. The second-order valence-corrected chi connectivity index (χ2v) is 7.22. The zero-order valence-electron chi connectivity index (χ0n) is 13.1. The largest absolute Gasteiger partial charge is 0.381 e. The van der Waals surface area contributed by atoms with Gasteiger partial charge in [0, 0.05) is 36.6 Å². The Bertz CT molecular complexity index is 491. The number of carbonyl (C=O) groups excluding carboxylic acids is 1. The summed E-state index contributed by atoms with van der Waals surface area (Å²) >= 11 is 1.79. The van der Waals surface area contributed by atoms with Crippen molar-refractivity contribution in [2.75, 3.05) is 19.8 Å². The van der Waals surface area contributed by atoms with Crippen LogP contribution < -0.4 is 0 Å². The van der Waals surface area contributed by atoms with E-state index in [4.69, 9.17) is 4.74 Å². The highest BCUT2D eigenvalue weighted by Crippen LogP contribution is 2.25. The van der Waals surface area contributed by atoms with Crippen LogP contribution in [0.5, 0.6) is 0 Å². The molecular formula is C18H25NO2S. The van der Waals surface area contributed by atoms with E-state index in [0.717, 1.165) is 58.3 Å². The first kappa shape index (κ1) is 15.8. The van der Waals surface area contributed by atoms with E-state index in [1.165, 1.54) is 4.88 Å². The average molecular weight is 319 g/mol. The number of allylic oxidation sites excluding steroid dienone is 2. The third-order valence-corrected chi connectivity index (χ3v) is 5.65. The highest BCUT2D eigenvalue weighted by atomic mass is 32.1. The van der Waals surface area contributed by atoms with E-state index < -0.39 is 0 Å². The van der Waals surface area contributed by atoms with Gasteiger partial charge < -0.3 is 9.64 Å². The topological polar surface area (TPSA) is 29.5 Å². The highest BCUT2D eigenvalue weighted by Gasteiger charge is 2.30. The molecule has 0 radical (unpaired) electrons. The molecule has 0 saturated carbocycles. The number of ether oxygens (including phenoxy) is 1. The van der Waals surface area contributed by atoms with Crippen LogP contribution in [0, 0.1) is 5.92 Å². The minimum Gasteiger partial charge on any atom is -0.381 e. The fraction of sp³-hybridized carbons (Fsp3) is 0.611. The summed E-state index contributed by atoms with van der Waals surface area (Å²) in [5, 5.41) is 2.11. The smallest absolute Gasteiger partial charge is 0.226 e. The van der Waals surface area contributed by atoms with Crippen molar-refractivity contribution in [3.05, 3.63) is 34.5 Å². The van der Waals surface area contributed by atoms with Gasteiger partial charge in [-0.2, -0.15) is 0 Å². The Kier molecular flexibility index (Phi) is 5.68. The second kappa shape index (κ2) is 7.93. The molecule has 0 spiro atoms. The maximum atomic E-state index is 13.0. The van der Waals surface area contributed by atoms with E-state index >= 15 is 0 Å². The molecule has 3 rings (SSSR count). The van der Waals surface area contributed by atoms with Crippen molar-refractivity contribution >= 4 is 17.2 Å². The Morgan fingerprint density at radius 3 is 2.82 bits per heavy atom. The molecule has 1 aromatic rings. The predicted molar refractivity (Wildman–Crippen MR) is 90.1 cm³/mol. The van der Waals surface area contributed by atoms with E-state index in [0.29, 0.717) is 11.9 Å². The Labute approximate surface area is 137 Å². The van der Waals surface area contributed by atoms with Crippen LogP contribution in [-0.4, -0.2) is 36.6 Å². The lowest BCUT2D eigenvalue weighted by Crippen LogP contribution is -2.47. The molecule has 1 amide bonds. The Balaban J connectivity index is 1.66. The lowest BCUT2D eigenvalue weighted by atomic mass is 9.92. The summed E-state index contributed by atoms with van der Waals surface area (Å²) in [4.78, 5) is 16.6. The van der Waals surface area contributed by atoms with E-state index in [-0.39, 0.29) is 5.92 Å². The molecule has 4 heteroatoms. The normalized spacial score (nSPS) is 22.6. The Hall–Kier alpha value is -1.13. The number of rotatable bonds is 5. The zero-order chi connectivity index (χ0) is 15.2. The summed E-state index contributed by atoms with van der Waals surface area (Å²) in [7, 11) is 0. The van der Waals surface area contributed by atoms with Crippen LogP contribution in [0.3, 0.4) is 0 Å². The van der Waals surface area contributed by atoms with E-state index in [1.807, 2.05) is 0 Å². The van der Waals surface area contributed by atoms with Gasteiger partial charge in [0.1, 0.15) is 0 Å². The third kappa shape index (κ3) is 3.99. The minimum absolute atomic E-state index is 0.191. The van der Waals surface area contributed by atoms with E-state index in [2.05, 4.69) is 34.6 Å². The summed E-state index contributed by atoms with van der Waals surface area (Å²) in [5.74, 6) is 0.559. The molecule has 0 aromatic carbocycles. The van der Waals surface area contributed by atoms with Gasteiger partial charge in [0.05, 0.1) is 0 Å². The van der Waals surface area contributed by atoms with Crippen molar-refractivity contribution in [2.24, 2.45) is 5.92 Å². The van der Waals surface area contributed by atoms with Crippen molar-refractivity contribution < 1.29 is 9.53 Å². The quantitative estimate of drug-likeness (QED) is 0.775. The molecule has 120 valence electrons. The minimum atomic E-state index is 0.191. The van der Waals surface area contributed by atoms with Crippen LogP contribution >= 0.6 is 11.3 Å². The third-order valence-electron chi connectivity index (χ3n) is 4.71. The fourth-order valence-corrected chi connectivity index (χ4v) is 4.11. The molecule has 1 aliphatic heterocycles. The summed E-state index contributed by atoms with van der Waals surface area (Å²) in [5.41, 5.74) is 0. The van der Waals surface area contributed by atoms with Gasteiger partial charge in [-0.05, 0) is 50.0 Å². The summed E-state index contributed by atoms with van der Waals surface area (Å²) in [6.07, 6.45) is 10.3. The van der Waals surface area contributed by atoms with Gasteiger partial charge in [0.15, 0.2) is 0 Å². The SMILES string of the molecule is O=C([C@H]1CC=CCC1)N(CCc1cccs1)C1CCOCC1. The predicted octanol–water partition coefficient (Wildman–Crippen LogP) is 3.65. The molecule has 1 aromatic heterocycles. The van der Waals surface area contributed by atoms with Crippen LogP contribution in [-0.2, 0) is 16.0 Å². The van der Waals surface area contributed by atoms with Crippen molar-refractivity contribution in [1.82, 2.24) is 4.90 Å². The second-order valence-electron chi connectivity index (χ2n) is 6.19. The van der Waals surface area contributed by atoms with Gasteiger partial charge in [0.25, 0.3) is 0 Å².